The normalized spacial score (nSPS) is 10.1. The number of carbonyl (C=O) groups excluding carboxylic acids is 2. The molecule has 0 unspecified atom stereocenters. The number of aryl methyl sites for hydroxylation is 1. The zero-order chi connectivity index (χ0) is 13.0. The van der Waals surface area contributed by atoms with Crippen LogP contribution >= 0.6 is 0 Å². The van der Waals surface area contributed by atoms with E-state index in [9.17, 15) is 9.59 Å². The number of nitrogens with one attached hydrogen (secondary N) is 1. The summed E-state index contributed by atoms with van der Waals surface area (Å²) in [7, 11) is 5.11. The summed E-state index contributed by atoms with van der Waals surface area (Å²) in [6, 6.07) is 1.60. The molecule has 0 aromatic carbocycles. The van der Waals surface area contributed by atoms with Gasteiger partial charge in [-0.1, -0.05) is 0 Å². The zero-order valence-electron chi connectivity index (χ0n) is 10.4. The largest absolute Gasteiger partial charge is 0.397 e. The van der Waals surface area contributed by atoms with E-state index in [2.05, 4.69) is 5.32 Å². The maximum absolute atomic E-state index is 11.7. The van der Waals surface area contributed by atoms with Crippen LogP contribution in [0.15, 0.2) is 12.3 Å². The predicted octanol–water partition coefficient (Wildman–Crippen LogP) is -0.185. The molecule has 0 saturated heterocycles. The number of anilines is 1. The van der Waals surface area contributed by atoms with E-state index in [0.29, 0.717) is 24.3 Å². The molecule has 1 aromatic heterocycles. The predicted molar refractivity (Wildman–Crippen MR) is 65.5 cm³/mol. The van der Waals surface area contributed by atoms with Gasteiger partial charge >= 0.3 is 0 Å². The van der Waals surface area contributed by atoms with Gasteiger partial charge in [-0.15, -0.1) is 0 Å². The Morgan fingerprint density at radius 3 is 2.59 bits per heavy atom. The number of nitrogen functional groups attached to an aromatic ring is 1. The number of hydrogen-bond donors (Lipinski definition) is 2. The molecule has 94 valence electrons. The Labute approximate surface area is 100 Å². The molecule has 2 amide bonds. The van der Waals surface area contributed by atoms with Gasteiger partial charge in [-0.2, -0.15) is 0 Å². The summed E-state index contributed by atoms with van der Waals surface area (Å²) in [4.78, 5) is 24.5. The van der Waals surface area contributed by atoms with Crippen molar-refractivity contribution in [2.24, 2.45) is 7.05 Å². The van der Waals surface area contributed by atoms with Crippen molar-refractivity contribution in [3.63, 3.8) is 0 Å². The van der Waals surface area contributed by atoms with Crippen molar-refractivity contribution in [3.8, 4) is 0 Å². The summed E-state index contributed by atoms with van der Waals surface area (Å²) in [5.41, 5.74) is 6.60. The second kappa shape index (κ2) is 5.38. The molecule has 0 spiro atoms. The molecule has 3 N–H and O–H groups in total. The van der Waals surface area contributed by atoms with Crippen molar-refractivity contribution in [3.05, 3.63) is 18.0 Å². The van der Waals surface area contributed by atoms with Gasteiger partial charge in [0.25, 0.3) is 5.91 Å². The first kappa shape index (κ1) is 13.1. The highest BCUT2D eigenvalue weighted by molar-refractivity contribution is 5.94. The molecule has 0 saturated carbocycles. The molecule has 0 bridgehead atoms. The van der Waals surface area contributed by atoms with E-state index in [-0.39, 0.29) is 11.8 Å². The molecule has 0 radical (unpaired) electrons. The van der Waals surface area contributed by atoms with Crippen LogP contribution in [0.3, 0.4) is 0 Å². The van der Waals surface area contributed by atoms with E-state index in [4.69, 9.17) is 5.73 Å². The smallest absolute Gasteiger partial charge is 0.267 e. The van der Waals surface area contributed by atoms with Crippen LogP contribution in [0.4, 0.5) is 5.69 Å². The monoisotopic (exact) mass is 238 g/mol. The average molecular weight is 238 g/mol. The third-order valence-corrected chi connectivity index (χ3v) is 2.38. The Hall–Kier alpha value is -1.98. The summed E-state index contributed by atoms with van der Waals surface area (Å²) >= 11 is 0. The molecule has 1 aromatic rings. The highest BCUT2D eigenvalue weighted by Gasteiger charge is 2.11. The number of nitrogens with zero attached hydrogens (tertiary/aromatic N) is 2. The summed E-state index contributed by atoms with van der Waals surface area (Å²) in [6.07, 6.45) is 1.96. The lowest BCUT2D eigenvalue weighted by atomic mass is 10.3. The van der Waals surface area contributed by atoms with E-state index in [1.165, 1.54) is 4.90 Å². The molecule has 6 nitrogen and oxygen atoms in total. The highest BCUT2D eigenvalue weighted by atomic mass is 16.2. The van der Waals surface area contributed by atoms with Gasteiger partial charge in [0.15, 0.2) is 0 Å². The topological polar surface area (TPSA) is 80.4 Å². The van der Waals surface area contributed by atoms with Gasteiger partial charge in [0.2, 0.25) is 5.91 Å². The van der Waals surface area contributed by atoms with E-state index in [1.807, 2.05) is 0 Å². The Bertz CT molecular complexity index is 423. The summed E-state index contributed by atoms with van der Waals surface area (Å²) in [5, 5.41) is 2.68. The minimum absolute atomic E-state index is 0.0169. The second-order valence-corrected chi connectivity index (χ2v) is 4.06. The van der Waals surface area contributed by atoms with Crippen molar-refractivity contribution < 1.29 is 9.59 Å². The van der Waals surface area contributed by atoms with E-state index >= 15 is 0 Å². The van der Waals surface area contributed by atoms with Gasteiger partial charge < -0.3 is 20.5 Å². The molecule has 0 aliphatic rings. The molecular formula is C11H18N4O2. The Balaban J connectivity index is 2.46. The van der Waals surface area contributed by atoms with Crippen molar-refractivity contribution in [2.75, 3.05) is 26.4 Å². The minimum atomic E-state index is -0.226. The molecule has 6 heteroatoms. The van der Waals surface area contributed by atoms with Gasteiger partial charge in [0, 0.05) is 40.3 Å². The fourth-order valence-corrected chi connectivity index (χ4v) is 1.41. The Kier molecular flexibility index (Phi) is 4.14. The van der Waals surface area contributed by atoms with Crippen LogP contribution < -0.4 is 11.1 Å². The van der Waals surface area contributed by atoms with Gasteiger partial charge in [-0.25, -0.2) is 0 Å². The molecule has 1 rings (SSSR count). The van der Waals surface area contributed by atoms with Crippen molar-refractivity contribution >= 4 is 17.5 Å². The minimum Gasteiger partial charge on any atom is -0.397 e. The standard InChI is InChI=1S/C11H18N4O2/c1-14(2)10(16)4-5-13-11(17)9-6-8(12)7-15(9)3/h6-7H,4-5,12H2,1-3H3,(H,13,17). The summed E-state index contributed by atoms with van der Waals surface area (Å²) < 4.78 is 1.65. The number of rotatable bonds is 4. The fraction of sp³-hybridized carbons (Fsp3) is 0.455. The molecule has 17 heavy (non-hydrogen) atoms. The lowest BCUT2D eigenvalue weighted by Gasteiger charge is -2.10. The maximum Gasteiger partial charge on any atom is 0.267 e. The Morgan fingerprint density at radius 2 is 2.12 bits per heavy atom. The number of amides is 2. The van der Waals surface area contributed by atoms with Gasteiger partial charge in [0.1, 0.15) is 5.69 Å². The van der Waals surface area contributed by atoms with E-state index < -0.39 is 0 Å². The third kappa shape index (κ3) is 3.51. The molecule has 1 heterocycles. The van der Waals surface area contributed by atoms with Crippen LogP contribution in [-0.2, 0) is 11.8 Å². The fourth-order valence-electron chi connectivity index (χ4n) is 1.41. The quantitative estimate of drug-likeness (QED) is 0.763. The Morgan fingerprint density at radius 1 is 1.47 bits per heavy atom. The van der Waals surface area contributed by atoms with E-state index in [0.717, 1.165) is 0 Å². The molecule has 0 aliphatic carbocycles. The summed E-state index contributed by atoms with van der Waals surface area (Å²) in [5.74, 6) is -0.243. The van der Waals surface area contributed by atoms with Crippen LogP contribution in [0.1, 0.15) is 16.9 Å². The molecule has 0 fully saturated rings. The van der Waals surface area contributed by atoms with Crippen LogP contribution in [0.5, 0.6) is 0 Å². The van der Waals surface area contributed by atoms with Crippen molar-refractivity contribution in [2.45, 2.75) is 6.42 Å². The SMILES string of the molecule is CN(C)C(=O)CCNC(=O)c1cc(N)cn1C. The number of aromatic nitrogens is 1. The number of hydrogen-bond acceptors (Lipinski definition) is 3. The van der Waals surface area contributed by atoms with Crippen LogP contribution in [0.25, 0.3) is 0 Å². The average Bonchev–Trinajstić information content (AvgIpc) is 2.57. The zero-order valence-corrected chi connectivity index (χ0v) is 10.4. The van der Waals surface area contributed by atoms with Crippen LogP contribution in [-0.4, -0.2) is 41.9 Å². The van der Waals surface area contributed by atoms with Gasteiger partial charge in [-0.3, -0.25) is 9.59 Å². The number of carbonyl (C=O) groups is 2. The second-order valence-electron chi connectivity index (χ2n) is 4.06. The van der Waals surface area contributed by atoms with Crippen LogP contribution in [0, 0.1) is 0 Å². The number of nitrogens with two attached hydrogens (primary N) is 1. The van der Waals surface area contributed by atoms with Crippen LogP contribution in [0.2, 0.25) is 0 Å². The lowest BCUT2D eigenvalue weighted by Crippen LogP contribution is -2.31. The molecule has 0 aliphatic heterocycles. The first-order chi connectivity index (χ1) is 7.91. The third-order valence-electron chi connectivity index (χ3n) is 2.38. The van der Waals surface area contributed by atoms with Crippen molar-refractivity contribution in [1.82, 2.24) is 14.8 Å². The summed E-state index contributed by atoms with van der Waals surface area (Å²) in [6.45, 7) is 0.320. The highest BCUT2D eigenvalue weighted by Crippen LogP contribution is 2.08. The molecule has 0 atom stereocenters. The van der Waals surface area contributed by atoms with Gasteiger partial charge in [-0.05, 0) is 6.07 Å². The first-order valence-electron chi connectivity index (χ1n) is 5.32. The first-order valence-corrected chi connectivity index (χ1v) is 5.32. The van der Waals surface area contributed by atoms with Crippen molar-refractivity contribution in [1.29, 1.82) is 0 Å². The van der Waals surface area contributed by atoms with E-state index in [1.54, 1.807) is 38.0 Å². The molecular weight excluding hydrogens is 220 g/mol. The maximum atomic E-state index is 11.7. The lowest BCUT2D eigenvalue weighted by molar-refractivity contribution is -0.128. The van der Waals surface area contributed by atoms with Gasteiger partial charge in [0.05, 0.1) is 5.69 Å².